The number of aromatic nitrogens is 5. The van der Waals surface area contributed by atoms with Crippen LogP contribution in [-0.2, 0) is 0 Å². The van der Waals surface area contributed by atoms with E-state index in [4.69, 9.17) is 0 Å². The van der Waals surface area contributed by atoms with Crippen LogP contribution in [0, 0.1) is 0 Å². The maximum absolute atomic E-state index is 12.9. The minimum absolute atomic E-state index is 0.0975. The summed E-state index contributed by atoms with van der Waals surface area (Å²) in [6.07, 6.45) is 8.19. The predicted molar refractivity (Wildman–Crippen MR) is 89.2 cm³/mol. The molecule has 0 spiro atoms. The Morgan fingerprint density at radius 3 is 2.84 bits per heavy atom. The molecule has 3 aromatic rings. The van der Waals surface area contributed by atoms with E-state index < -0.39 is 5.69 Å². The molecular weight excluding hydrogens is 320 g/mol. The number of likely N-dealkylation sites (tertiary alicyclic amines) is 1. The van der Waals surface area contributed by atoms with Gasteiger partial charge in [-0.15, -0.1) is 0 Å². The van der Waals surface area contributed by atoms with E-state index in [0.717, 1.165) is 12.8 Å². The minimum Gasteiger partial charge on any atom is -0.330 e. The first kappa shape index (κ1) is 15.3. The summed E-state index contributed by atoms with van der Waals surface area (Å²) in [5.41, 5.74) is 0.827. The average molecular weight is 336 g/mol. The molecule has 0 aromatic carbocycles. The molecule has 0 aliphatic carbocycles. The molecule has 8 nitrogen and oxygen atoms in total. The van der Waals surface area contributed by atoms with Gasteiger partial charge in [0.05, 0.1) is 11.6 Å². The molecule has 0 unspecified atom stereocenters. The van der Waals surface area contributed by atoms with Crippen molar-refractivity contribution in [2.45, 2.75) is 18.9 Å². The number of rotatable bonds is 3. The van der Waals surface area contributed by atoms with E-state index in [1.54, 1.807) is 46.4 Å². The molecule has 1 N–H and O–H groups in total. The Morgan fingerprint density at radius 1 is 1.20 bits per heavy atom. The summed E-state index contributed by atoms with van der Waals surface area (Å²) in [7, 11) is 0. The van der Waals surface area contributed by atoms with Gasteiger partial charge in [0.2, 0.25) is 0 Å². The van der Waals surface area contributed by atoms with Gasteiger partial charge in [-0.05, 0) is 37.1 Å². The molecule has 25 heavy (non-hydrogen) atoms. The van der Waals surface area contributed by atoms with E-state index in [0.29, 0.717) is 23.6 Å². The molecule has 0 bridgehead atoms. The number of hydrogen-bond acceptors (Lipinski definition) is 5. The highest BCUT2D eigenvalue weighted by atomic mass is 16.2. The second kappa shape index (κ2) is 6.31. The van der Waals surface area contributed by atoms with Gasteiger partial charge in [-0.25, -0.2) is 19.4 Å². The fourth-order valence-electron chi connectivity index (χ4n) is 3.13. The van der Waals surface area contributed by atoms with Crippen molar-refractivity contribution in [3.63, 3.8) is 0 Å². The number of carbonyl (C=O) groups is 1. The lowest BCUT2D eigenvalue weighted by Crippen LogP contribution is -2.32. The Morgan fingerprint density at radius 2 is 2.12 bits per heavy atom. The zero-order valence-corrected chi connectivity index (χ0v) is 13.4. The zero-order valence-electron chi connectivity index (χ0n) is 13.4. The van der Waals surface area contributed by atoms with Gasteiger partial charge >= 0.3 is 5.69 Å². The largest absolute Gasteiger partial charge is 0.345 e. The quantitative estimate of drug-likeness (QED) is 0.778. The van der Waals surface area contributed by atoms with Crippen LogP contribution >= 0.6 is 0 Å². The van der Waals surface area contributed by atoms with Gasteiger partial charge < -0.3 is 9.88 Å². The fourth-order valence-corrected chi connectivity index (χ4v) is 3.13. The van der Waals surface area contributed by atoms with Crippen molar-refractivity contribution >= 4 is 5.91 Å². The standard InChI is InChI=1S/C17H16N6O2/c24-16(12-4-5-15(19-11-12)23-10-2-7-20-23)22-9-1-3-14(22)13-6-8-18-17(25)21-13/h2,4-8,10-11,14H,1,3,9H2,(H,18,21,25)/t14-/m1/s1. The molecule has 3 aromatic heterocycles. The summed E-state index contributed by atoms with van der Waals surface area (Å²) in [6.45, 7) is 0.648. The summed E-state index contributed by atoms with van der Waals surface area (Å²) in [5.74, 6) is 0.553. The molecule has 1 saturated heterocycles. The van der Waals surface area contributed by atoms with Crippen LogP contribution in [0.15, 0.2) is 53.8 Å². The molecule has 1 atom stereocenters. The Kier molecular flexibility index (Phi) is 3.85. The number of hydrogen-bond donors (Lipinski definition) is 1. The molecule has 1 aliphatic heterocycles. The Labute approximate surface area is 143 Å². The number of nitrogens with one attached hydrogen (secondary N) is 1. The van der Waals surface area contributed by atoms with Crippen LogP contribution in [0.4, 0.5) is 0 Å². The summed E-state index contributed by atoms with van der Waals surface area (Å²) in [4.78, 5) is 36.8. The molecule has 0 radical (unpaired) electrons. The highest BCUT2D eigenvalue weighted by Gasteiger charge is 2.31. The first-order valence-electron chi connectivity index (χ1n) is 8.04. The van der Waals surface area contributed by atoms with E-state index in [1.807, 2.05) is 6.07 Å². The maximum Gasteiger partial charge on any atom is 0.345 e. The molecule has 8 heteroatoms. The third-order valence-corrected chi connectivity index (χ3v) is 4.30. The van der Waals surface area contributed by atoms with Gasteiger partial charge in [-0.1, -0.05) is 0 Å². The lowest BCUT2D eigenvalue weighted by molar-refractivity contribution is 0.0732. The Hall–Kier alpha value is -3.29. The zero-order chi connectivity index (χ0) is 17.2. The molecule has 126 valence electrons. The van der Waals surface area contributed by atoms with Gasteiger partial charge in [-0.2, -0.15) is 5.10 Å². The smallest absolute Gasteiger partial charge is 0.330 e. The van der Waals surface area contributed by atoms with Gasteiger partial charge in [0.25, 0.3) is 5.91 Å². The maximum atomic E-state index is 12.9. The Balaban J connectivity index is 1.58. The summed E-state index contributed by atoms with van der Waals surface area (Å²) < 4.78 is 1.63. The molecule has 4 heterocycles. The number of amides is 1. The summed E-state index contributed by atoms with van der Waals surface area (Å²) in [6, 6.07) is 6.92. The number of nitrogens with zero attached hydrogens (tertiary/aromatic N) is 5. The van der Waals surface area contributed by atoms with Gasteiger partial charge in [0.15, 0.2) is 5.82 Å². The van der Waals surface area contributed by atoms with Crippen LogP contribution in [-0.4, -0.2) is 42.1 Å². The number of carbonyl (C=O) groups excluding carboxylic acids is 1. The highest BCUT2D eigenvalue weighted by molar-refractivity contribution is 5.94. The van der Waals surface area contributed by atoms with Crippen LogP contribution in [0.2, 0.25) is 0 Å². The Bertz CT molecular complexity index is 932. The van der Waals surface area contributed by atoms with Gasteiger partial charge in [0, 0.05) is 37.0 Å². The summed E-state index contributed by atoms with van der Waals surface area (Å²) in [5, 5.41) is 4.12. The molecule has 0 saturated carbocycles. The monoisotopic (exact) mass is 336 g/mol. The lowest BCUT2D eigenvalue weighted by atomic mass is 10.1. The molecular formula is C17H16N6O2. The third kappa shape index (κ3) is 2.93. The third-order valence-electron chi connectivity index (χ3n) is 4.30. The van der Waals surface area contributed by atoms with E-state index in [1.165, 1.54) is 6.20 Å². The fraction of sp³-hybridized carbons (Fsp3) is 0.235. The van der Waals surface area contributed by atoms with Crippen molar-refractivity contribution < 1.29 is 4.79 Å². The van der Waals surface area contributed by atoms with Crippen molar-refractivity contribution in [1.82, 2.24) is 29.6 Å². The van der Waals surface area contributed by atoms with E-state index in [9.17, 15) is 9.59 Å². The van der Waals surface area contributed by atoms with Crippen molar-refractivity contribution in [3.8, 4) is 5.82 Å². The van der Waals surface area contributed by atoms with E-state index in [2.05, 4.69) is 20.1 Å². The first-order chi connectivity index (χ1) is 12.2. The summed E-state index contributed by atoms with van der Waals surface area (Å²) >= 11 is 0. The van der Waals surface area contributed by atoms with Crippen molar-refractivity contribution in [1.29, 1.82) is 0 Å². The van der Waals surface area contributed by atoms with Crippen LogP contribution in [0.3, 0.4) is 0 Å². The molecule has 4 rings (SSSR count). The molecule has 1 amide bonds. The molecule has 1 fully saturated rings. The topological polar surface area (TPSA) is 96.8 Å². The van der Waals surface area contributed by atoms with Crippen LogP contribution in [0.1, 0.15) is 34.9 Å². The SMILES string of the molecule is O=C(c1ccc(-n2cccn2)nc1)N1CCC[C@@H]1c1ccnc(=O)[nH]1. The van der Waals surface area contributed by atoms with Crippen molar-refractivity contribution in [2.24, 2.45) is 0 Å². The average Bonchev–Trinajstić information content (AvgIpc) is 3.33. The van der Waals surface area contributed by atoms with E-state index >= 15 is 0 Å². The minimum atomic E-state index is -0.401. The highest BCUT2D eigenvalue weighted by Crippen LogP contribution is 2.31. The number of pyridine rings is 1. The van der Waals surface area contributed by atoms with Crippen molar-refractivity contribution in [3.05, 3.63) is 70.8 Å². The first-order valence-corrected chi connectivity index (χ1v) is 8.04. The van der Waals surface area contributed by atoms with Gasteiger partial charge in [0.1, 0.15) is 0 Å². The normalized spacial score (nSPS) is 17.0. The predicted octanol–water partition coefficient (Wildman–Crippen LogP) is 1.33. The lowest BCUT2D eigenvalue weighted by Gasteiger charge is -2.24. The van der Waals surface area contributed by atoms with Crippen molar-refractivity contribution in [2.75, 3.05) is 6.54 Å². The number of aromatic amines is 1. The molecule has 1 aliphatic rings. The van der Waals surface area contributed by atoms with Gasteiger partial charge in [-0.3, -0.25) is 4.79 Å². The second-order valence-corrected chi connectivity index (χ2v) is 5.84. The van der Waals surface area contributed by atoms with E-state index in [-0.39, 0.29) is 11.9 Å². The van der Waals surface area contributed by atoms with Crippen LogP contribution in [0.25, 0.3) is 5.82 Å². The number of H-pyrrole nitrogens is 1. The second-order valence-electron chi connectivity index (χ2n) is 5.84. The van der Waals surface area contributed by atoms with Crippen LogP contribution < -0.4 is 5.69 Å². The van der Waals surface area contributed by atoms with Crippen LogP contribution in [0.5, 0.6) is 0 Å².